The number of aromatic nitrogens is 4. The van der Waals surface area contributed by atoms with E-state index in [1.54, 1.807) is 24.5 Å². The second-order valence-electron chi connectivity index (χ2n) is 8.48. The zero-order valence-corrected chi connectivity index (χ0v) is 18.4. The van der Waals surface area contributed by atoms with Crippen molar-refractivity contribution in [3.63, 3.8) is 0 Å². The highest BCUT2D eigenvalue weighted by Gasteiger charge is 2.33. The third-order valence-electron chi connectivity index (χ3n) is 5.99. The molecule has 0 unspecified atom stereocenters. The smallest absolute Gasteiger partial charge is 0.276 e. The summed E-state index contributed by atoms with van der Waals surface area (Å²) in [5.41, 5.74) is 2.31. The predicted molar refractivity (Wildman–Crippen MR) is 121 cm³/mol. The molecule has 35 heavy (non-hydrogen) atoms. The Kier molecular flexibility index (Phi) is 5.93. The Morgan fingerprint density at radius 1 is 1.00 bits per heavy atom. The summed E-state index contributed by atoms with van der Waals surface area (Å²) in [4.78, 5) is 22.4. The molecule has 4 heterocycles. The molecule has 1 fully saturated rings. The number of aromatic amines is 1. The van der Waals surface area contributed by atoms with E-state index in [1.165, 1.54) is 0 Å². The number of hydrogen-bond donors (Lipinski definition) is 2. The molecule has 3 aromatic heterocycles. The average molecular weight is 484 g/mol. The van der Waals surface area contributed by atoms with Crippen LogP contribution in [0.3, 0.4) is 0 Å². The van der Waals surface area contributed by atoms with Gasteiger partial charge in [-0.05, 0) is 29.3 Å². The lowest BCUT2D eigenvalue weighted by atomic mass is 10.0. The van der Waals surface area contributed by atoms with Crippen molar-refractivity contribution in [2.24, 2.45) is 0 Å². The van der Waals surface area contributed by atoms with Gasteiger partial charge in [0.1, 0.15) is 5.69 Å². The topological polar surface area (TPSA) is 86.8 Å². The number of hydrogen-bond acceptors (Lipinski definition) is 5. The van der Waals surface area contributed by atoms with E-state index in [1.807, 2.05) is 17.0 Å². The normalized spacial score (nSPS) is 15.9. The fraction of sp³-hybridized carbons (Fsp3) is 0.250. The van der Waals surface area contributed by atoms with Crippen molar-refractivity contribution < 1.29 is 22.4 Å². The number of nitrogens with zero attached hydrogens (tertiary/aromatic N) is 4. The van der Waals surface area contributed by atoms with E-state index in [0.717, 1.165) is 29.1 Å². The van der Waals surface area contributed by atoms with Gasteiger partial charge < -0.3 is 5.32 Å². The van der Waals surface area contributed by atoms with E-state index < -0.39 is 29.2 Å². The van der Waals surface area contributed by atoms with Gasteiger partial charge in [-0.25, -0.2) is 17.6 Å². The molecule has 1 amide bonds. The number of amides is 1. The third-order valence-corrected chi connectivity index (χ3v) is 5.99. The maximum atomic E-state index is 13.9. The summed E-state index contributed by atoms with van der Waals surface area (Å²) in [5.74, 6) is -5.39. The van der Waals surface area contributed by atoms with Crippen molar-refractivity contribution >= 4 is 22.5 Å². The molecule has 5 rings (SSSR count). The highest BCUT2D eigenvalue weighted by Crippen LogP contribution is 2.30. The number of carbonyl (C=O) groups is 1. The minimum Gasteiger partial charge on any atom is -0.316 e. The van der Waals surface area contributed by atoms with E-state index in [-0.39, 0.29) is 18.5 Å². The molecule has 2 N–H and O–H groups in total. The first-order valence-corrected chi connectivity index (χ1v) is 10.9. The first-order chi connectivity index (χ1) is 16.8. The van der Waals surface area contributed by atoms with Gasteiger partial charge in [0.2, 0.25) is 0 Å². The minimum absolute atomic E-state index is 0.0316. The molecule has 0 spiro atoms. The fourth-order valence-electron chi connectivity index (χ4n) is 4.10. The van der Waals surface area contributed by atoms with E-state index >= 15 is 0 Å². The minimum atomic E-state index is -2.60. The monoisotopic (exact) mass is 484 g/mol. The molecule has 4 aromatic rings. The molecule has 1 saturated heterocycles. The lowest BCUT2D eigenvalue weighted by Gasteiger charge is -2.31. The van der Waals surface area contributed by atoms with Crippen LogP contribution >= 0.6 is 0 Å². The number of piperidine rings is 1. The van der Waals surface area contributed by atoms with Crippen LogP contribution in [0, 0.1) is 11.6 Å². The predicted octanol–water partition coefficient (Wildman–Crippen LogP) is 4.78. The number of rotatable bonds is 5. The van der Waals surface area contributed by atoms with E-state index in [0.29, 0.717) is 30.5 Å². The molecule has 11 heteroatoms. The van der Waals surface area contributed by atoms with Crippen LogP contribution in [0.2, 0.25) is 0 Å². The Morgan fingerprint density at radius 3 is 2.46 bits per heavy atom. The standard InChI is InChI=1S/C24H20F4N6O/c25-18-11-30-12-19(26)22(18)31-23(35)21-17-8-15(1-2-20(17)32-33-21)16-7-14(9-29-10-16)13-34-5-3-24(27,28)4-6-34/h1-2,7-12H,3-6,13H2,(H,32,33)(H,30,31,35). The van der Waals surface area contributed by atoms with Gasteiger partial charge in [-0.15, -0.1) is 0 Å². The number of benzene rings is 1. The summed E-state index contributed by atoms with van der Waals surface area (Å²) in [5, 5.41) is 9.42. The zero-order chi connectivity index (χ0) is 24.6. The second-order valence-corrected chi connectivity index (χ2v) is 8.48. The highest BCUT2D eigenvalue weighted by atomic mass is 19.3. The molecular weight excluding hydrogens is 464 g/mol. The summed E-state index contributed by atoms with van der Waals surface area (Å²) in [6, 6.07) is 7.21. The molecule has 180 valence electrons. The molecule has 0 radical (unpaired) electrons. The van der Waals surface area contributed by atoms with Crippen molar-refractivity contribution in [1.29, 1.82) is 0 Å². The number of pyridine rings is 2. The van der Waals surface area contributed by atoms with Gasteiger partial charge in [0.25, 0.3) is 11.8 Å². The average Bonchev–Trinajstić information content (AvgIpc) is 3.26. The number of H-pyrrole nitrogens is 1. The maximum absolute atomic E-state index is 13.9. The third kappa shape index (κ3) is 4.85. The van der Waals surface area contributed by atoms with Gasteiger partial charge in [0, 0.05) is 55.8 Å². The van der Waals surface area contributed by atoms with Crippen LogP contribution < -0.4 is 5.32 Å². The van der Waals surface area contributed by atoms with Crippen molar-refractivity contribution in [2.45, 2.75) is 25.3 Å². The first kappa shape index (κ1) is 22.9. The maximum Gasteiger partial charge on any atom is 0.276 e. The highest BCUT2D eigenvalue weighted by molar-refractivity contribution is 6.11. The van der Waals surface area contributed by atoms with Crippen molar-refractivity contribution in [3.05, 3.63) is 71.9 Å². The van der Waals surface area contributed by atoms with Gasteiger partial charge in [-0.2, -0.15) is 5.10 Å². The molecule has 0 aliphatic carbocycles. The van der Waals surface area contributed by atoms with Crippen molar-refractivity contribution in [1.82, 2.24) is 25.1 Å². The fourth-order valence-corrected chi connectivity index (χ4v) is 4.10. The van der Waals surface area contributed by atoms with E-state index in [9.17, 15) is 22.4 Å². The Hall–Kier alpha value is -3.86. The first-order valence-electron chi connectivity index (χ1n) is 10.9. The summed E-state index contributed by atoms with van der Waals surface area (Å²) >= 11 is 0. The van der Waals surface area contributed by atoms with Crippen LogP contribution in [0.1, 0.15) is 28.9 Å². The number of anilines is 1. The van der Waals surface area contributed by atoms with Gasteiger partial charge in [0.15, 0.2) is 17.3 Å². The van der Waals surface area contributed by atoms with Crippen LogP contribution in [0.5, 0.6) is 0 Å². The Balaban J connectivity index is 1.39. The number of halogens is 4. The van der Waals surface area contributed by atoms with Crippen molar-refractivity contribution in [2.75, 3.05) is 18.4 Å². The SMILES string of the molecule is O=C(Nc1c(F)cncc1F)c1n[nH]c2ccc(-c3cncc(CN4CCC(F)(F)CC4)c3)cc12. The summed E-state index contributed by atoms with van der Waals surface area (Å²) in [7, 11) is 0. The number of alkyl halides is 2. The molecule has 1 aromatic carbocycles. The Bertz CT molecular complexity index is 1380. The van der Waals surface area contributed by atoms with Gasteiger partial charge in [0.05, 0.1) is 17.9 Å². The Labute approximate surface area is 197 Å². The summed E-state index contributed by atoms with van der Waals surface area (Å²) in [6.07, 6.45) is 4.65. The van der Waals surface area contributed by atoms with Gasteiger partial charge in [-0.1, -0.05) is 6.07 Å². The zero-order valence-electron chi connectivity index (χ0n) is 18.4. The molecule has 0 atom stereocenters. The van der Waals surface area contributed by atoms with Crippen LogP contribution in [-0.2, 0) is 6.54 Å². The van der Waals surface area contributed by atoms with E-state index in [2.05, 4.69) is 25.5 Å². The lowest BCUT2D eigenvalue weighted by molar-refractivity contribution is -0.0566. The molecule has 0 saturated carbocycles. The second kappa shape index (κ2) is 9.06. The van der Waals surface area contributed by atoms with Crippen molar-refractivity contribution in [3.8, 4) is 11.1 Å². The van der Waals surface area contributed by atoms with Crippen LogP contribution in [0.25, 0.3) is 22.0 Å². The molecule has 0 bridgehead atoms. The van der Waals surface area contributed by atoms with Gasteiger partial charge >= 0.3 is 0 Å². The lowest BCUT2D eigenvalue weighted by Crippen LogP contribution is -2.38. The van der Waals surface area contributed by atoms with Crippen LogP contribution in [0.15, 0.2) is 49.1 Å². The Morgan fingerprint density at radius 2 is 1.71 bits per heavy atom. The number of likely N-dealkylation sites (tertiary alicyclic amines) is 1. The molecular formula is C24H20F4N6O. The number of nitrogens with one attached hydrogen (secondary N) is 2. The van der Waals surface area contributed by atoms with Crippen LogP contribution in [-0.4, -0.2) is 50.0 Å². The number of fused-ring (bicyclic) bond motifs is 1. The molecule has 1 aliphatic rings. The molecule has 1 aliphatic heterocycles. The quantitative estimate of drug-likeness (QED) is 0.398. The largest absolute Gasteiger partial charge is 0.316 e. The van der Waals surface area contributed by atoms with Gasteiger partial charge in [-0.3, -0.25) is 24.8 Å². The van der Waals surface area contributed by atoms with E-state index in [4.69, 9.17) is 0 Å². The molecule has 7 nitrogen and oxygen atoms in total. The summed E-state index contributed by atoms with van der Waals surface area (Å²) in [6.45, 7) is 1.13. The number of carbonyl (C=O) groups excluding carboxylic acids is 1. The summed E-state index contributed by atoms with van der Waals surface area (Å²) < 4.78 is 54.7. The van der Waals surface area contributed by atoms with Crippen LogP contribution in [0.4, 0.5) is 23.2 Å².